The van der Waals surface area contributed by atoms with E-state index in [4.69, 9.17) is 28.3 Å². The van der Waals surface area contributed by atoms with E-state index in [-0.39, 0.29) is 6.61 Å². The second-order valence-electron chi connectivity index (χ2n) is 4.73. The predicted octanol–water partition coefficient (Wildman–Crippen LogP) is 4.03. The van der Waals surface area contributed by atoms with Crippen LogP contribution in [0.3, 0.4) is 0 Å². The Morgan fingerprint density at radius 3 is 2.35 bits per heavy atom. The fourth-order valence-electron chi connectivity index (χ4n) is 2.06. The van der Waals surface area contributed by atoms with Gasteiger partial charge in [0, 0.05) is 19.7 Å². The van der Waals surface area contributed by atoms with Crippen molar-refractivity contribution < 1.29 is 5.11 Å². The molecule has 0 spiro atoms. The molecule has 0 aliphatic heterocycles. The zero-order valence-electron chi connectivity index (χ0n) is 12.0. The predicted molar refractivity (Wildman–Crippen MR) is 87.0 cm³/mol. The highest BCUT2D eigenvalue weighted by Crippen LogP contribution is 2.29. The Bertz CT molecular complexity index is 410. The minimum absolute atomic E-state index is 0.205. The van der Waals surface area contributed by atoms with Gasteiger partial charge in [0.2, 0.25) is 0 Å². The summed E-state index contributed by atoms with van der Waals surface area (Å²) in [5.74, 6) is 1.68. The van der Waals surface area contributed by atoms with Crippen molar-refractivity contribution in [2.45, 2.75) is 33.1 Å². The Labute approximate surface area is 130 Å². The molecule has 1 heterocycles. The maximum atomic E-state index is 9.07. The standard InChI is InChI=1S/C14H23Cl2N3O/c1-3-5-10(6-7-20)9-18-14-12(16)8-11(15)13(19-14)17-4-2/h8,10,20H,3-7,9H2,1-2H3,(H2,17,18,19). The van der Waals surface area contributed by atoms with E-state index in [1.165, 1.54) is 0 Å². The lowest BCUT2D eigenvalue weighted by Crippen LogP contribution is -2.17. The van der Waals surface area contributed by atoms with Gasteiger partial charge in [0.05, 0.1) is 10.0 Å². The lowest BCUT2D eigenvalue weighted by Gasteiger charge is -2.17. The Kier molecular flexibility index (Phi) is 8.04. The van der Waals surface area contributed by atoms with Crippen LogP contribution >= 0.6 is 23.2 Å². The van der Waals surface area contributed by atoms with E-state index in [9.17, 15) is 0 Å². The van der Waals surface area contributed by atoms with Crippen molar-refractivity contribution in [1.82, 2.24) is 4.98 Å². The number of hydrogen-bond acceptors (Lipinski definition) is 4. The highest BCUT2D eigenvalue weighted by molar-refractivity contribution is 6.37. The summed E-state index contributed by atoms with van der Waals surface area (Å²) in [5, 5.41) is 16.5. The van der Waals surface area contributed by atoms with Crippen LogP contribution in [0.4, 0.5) is 11.6 Å². The van der Waals surface area contributed by atoms with Gasteiger partial charge in [-0.05, 0) is 31.7 Å². The monoisotopic (exact) mass is 319 g/mol. The summed E-state index contributed by atoms with van der Waals surface area (Å²) >= 11 is 12.2. The van der Waals surface area contributed by atoms with Gasteiger partial charge in [0.1, 0.15) is 11.6 Å². The molecule has 20 heavy (non-hydrogen) atoms. The van der Waals surface area contributed by atoms with Gasteiger partial charge in [0.25, 0.3) is 0 Å². The molecule has 0 amide bonds. The van der Waals surface area contributed by atoms with Crippen LogP contribution in [0.1, 0.15) is 33.1 Å². The van der Waals surface area contributed by atoms with Crippen molar-refractivity contribution >= 4 is 34.8 Å². The number of nitrogens with one attached hydrogen (secondary N) is 2. The molecular formula is C14H23Cl2N3O. The Hall–Kier alpha value is -0.710. The molecule has 0 bridgehead atoms. The molecule has 1 atom stereocenters. The third-order valence-electron chi connectivity index (χ3n) is 3.07. The van der Waals surface area contributed by atoms with Crippen LogP contribution in [0.25, 0.3) is 0 Å². The van der Waals surface area contributed by atoms with E-state index in [2.05, 4.69) is 22.5 Å². The van der Waals surface area contributed by atoms with Gasteiger partial charge in [-0.15, -0.1) is 0 Å². The van der Waals surface area contributed by atoms with Gasteiger partial charge < -0.3 is 15.7 Å². The summed E-state index contributed by atoms with van der Waals surface area (Å²) in [6.45, 7) is 5.82. The fourth-order valence-corrected chi connectivity index (χ4v) is 2.55. The Morgan fingerprint density at radius 2 is 1.80 bits per heavy atom. The molecule has 3 N–H and O–H groups in total. The minimum atomic E-state index is 0.205. The molecule has 114 valence electrons. The molecule has 0 aliphatic carbocycles. The molecule has 6 heteroatoms. The Morgan fingerprint density at radius 1 is 1.15 bits per heavy atom. The summed E-state index contributed by atoms with van der Waals surface area (Å²) in [5.41, 5.74) is 0. The summed E-state index contributed by atoms with van der Waals surface area (Å²) in [6, 6.07) is 1.69. The average molecular weight is 320 g/mol. The molecule has 1 aromatic heterocycles. The van der Waals surface area contributed by atoms with Gasteiger partial charge in [-0.3, -0.25) is 0 Å². The second kappa shape index (κ2) is 9.27. The van der Waals surface area contributed by atoms with Crippen molar-refractivity contribution in [2.24, 2.45) is 5.92 Å². The quantitative estimate of drug-likeness (QED) is 0.643. The molecule has 1 aromatic rings. The molecule has 1 rings (SSSR count). The summed E-state index contributed by atoms with van der Waals surface area (Å²) < 4.78 is 0. The summed E-state index contributed by atoms with van der Waals surface area (Å²) in [7, 11) is 0. The molecule has 4 nitrogen and oxygen atoms in total. The van der Waals surface area contributed by atoms with Crippen molar-refractivity contribution in [2.75, 3.05) is 30.3 Å². The van der Waals surface area contributed by atoms with Gasteiger partial charge in [0.15, 0.2) is 0 Å². The van der Waals surface area contributed by atoms with Gasteiger partial charge in [-0.25, -0.2) is 4.98 Å². The number of aliphatic hydroxyl groups is 1. The average Bonchev–Trinajstić information content (AvgIpc) is 2.41. The molecule has 1 unspecified atom stereocenters. The molecule has 0 saturated heterocycles. The maximum absolute atomic E-state index is 9.07. The number of pyridine rings is 1. The third kappa shape index (κ3) is 5.35. The molecule has 0 aromatic carbocycles. The highest BCUT2D eigenvalue weighted by atomic mass is 35.5. The largest absolute Gasteiger partial charge is 0.396 e. The van der Waals surface area contributed by atoms with E-state index in [0.29, 0.717) is 27.6 Å². The zero-order valence-corrected chi connectivity index (χ0v) is 13.6. The van der Waals surface area contributed by atoms with Crippen LogP contribution in [0, 0.1) is 5.92 Å². The van der Waals surface area contributed by atoms with Crippen LogP contribution in [-0.4, -0.2) is 29.8 Å². The van der Waals surface area contributed by atoms with E-state index >= 15 is 0 Å². The van der Waals surface area contributed by atoms with Crippen LogP contribution in [0.2, 0.25) is 10.0 Å². The fraction of sp³-hybridized carbons (Fsp3) is 0.643. The normalized spacial score (nSPS) is 12.2. The van der Waals surface area contributed by atoms with Crippen molar-refractivity contribution in [3.8, 4) is 0 Å². The lowest BCUT2D eigenvalue weighted by atomic mass is 10.0. The number of rotatable bonds is 9. The van der Waals surface area contributed by atoms with E-state index in [1.54, 1.807) is 6.07 Å². The summed E-state index contributed by atoms with van der Waals surface area (Å²) in [4.78, 5) is 4.41. The van der Waals surface area contributed by atoms with E-state index < -0.39 is 0 Å². The number of nitrogens with zero attached hydrogens (tertiary/aromatic N) is 1. The molecule has 0 fully saturated rings. The molecular weight excluding hydrogens is 297 g/mol. The third-order valence-corrected chi connectivity index (χ3v) is 3.64. The van der Waals surface area contributed by atoms with Gasteiger partial charge in [-0.2, -0.15) is 0 Å². The SMILES string of the molecule is CCCC(CCO)CNc1nc(NCC)c(Cl)cc1Cl. The Balaban J connectivity index is 2.72. The highest BCUT2D eigenvalue weighted by Gasteiger charge is 2.11. The number of hydrogen-bond donors (Lipinski definition) is 3. The van der Waals surface area contributed by atoms with E-state index in [1.807, 2.05) is 6.92 Å². The first-order valence-corrected chi connectivity index (χ1v) is 7.82. The van der Waals surface area contributed by atoms with Crippen molar-refractivity contribution in [3.63, 3.8) is 0 Å². The van der Waals surface area contributed by atoms with Crippen LogP contribution in [0.5, 0.6) is 0 Å². The van der Waals surface area contributed by atoms with Gasteiger partial charge >= 0.3 is 0 Å². The number of aromatic nitrogens is 1. The number of anilines is 2. The van der Waals surface area contributed by atoms with Gasteiger partial charge in [-0.1, -0.05) is 36.5 Å². The molecule has 0 radical (unpaired) electrons. The maximum Gasteiger partial charge on any atom is 0.147 e. The van der Waals surface area contributed by atoms with Crippen molar-refractivity contribution in [3.05, 3.63) is 16.1 Å². The van der Waals surface area contributed by atoms with Crippen LogP contribution in [0.15, 0.2) is 6.07 Å². The van der Waals surface area contributed by atoms with Crippen molar-refractivity contribution in [1.29, 1.82) is 0 Å². The lowest BCUT2D eigenvalue weighted by molar-refractivity contribution is 0.255. The first kappa shape index (κ1) is 17.3. The van der Waals surface area contributed by atoms with E-state index in [0.717, 1.165) is 32.4 Å². The second-order valence-corrected chi connectivity index (χ2v) is 5.54. The number of aliphatic hydroxyl groups excluding tert-OH is 1. The van der Waals surface area contributed by atoms with Crippen LogP contribution in [-0.2, 0) is 0 Å². The number of halogens is 2. The summed E-state index contributed by atoms with van der Waals surface area (Å²) in [6.07, 6.45) is 2.95. The van der Waals surface area contributed by atoms with Crippen LogP contribution < -0.4 is 10.6 Å². The molecule has 0 aliphatic rings. The first-order valence-electron chi connectivity index (χ1n) is 7.06. The molecule has 0 saturated carbocycles. The smallest absolute Gasteiger partial charge is 0.147 e. The first-order chi connectivity index (χ1) is 9.62. The minimum Gasteiger partial charge on any atom is -0.396 e. The zero-order chi connectivity index (χ0) is 15.0. The topological polar surface area (TPSA) is 57.2 Å².